The molecule has 4 heteroatoms. The van der Waals surface area contributed by atoms with Gasteiger partial charge in [-0.15, -0.1) is 0 Å². The van der Waals surface area contributed by atoms with Crippen molar-refractivity contribution in [3.63, 3.8) is 0 Å². The van der Waals surface area contributed by atoms with Crippen molar-refractivity contribution < 1.29 is 9.53 Å². The van der Waals surface area contributed by atoms with Crippen LogP contribution >= 0.6 is 0 Å². The molecule has 0 aliphatic carbocycles. The predicted octanol–water partition coefficient (Wildman–Crippen LogP) is 3.70. The van der Waals surface area contributed by atoms with Gasteiger partial charge in [0.2, 0.25) is 0 Å². The maximum atomic E-state index is 13.2. The lowest BCUT2D eigenvalue weighted by atomic mass is 9.77. The van der Waals surface area contributed by atoms with Gasteiger partial charge >= 0.3 is 0 Å². The van der Waals surface area contributed by atoms with Gasteiger partial charge in [-0.3, -0.25) is 9.69 Å². The molecule has 3 heterocycles. The van der Waals surface area contributed by atoms with Crippen LogP contribution in [0.15, 0.2) is 42.5 Å². The Bertz CT molecular complexity index is 845. The summed E-state index contributed by atoms with van der Waals surface area (Å²) >= 11 is 0. The van der Waals surface area contributed by atoms with Crippen molar-refractivity contribution in [1.82, 2.24) is 9.80 Å². The minimum atomic E-state index is 0.184. The number of hydrogen-bond donors (Lipinski definition) is 0. The number of fused-ring (bicyclic) bond motifs is 1. The fourth-order valence-electron chi connectivity index (χ4n) is 5.16. The van der Waals surface area contributed by atoms with Crippen LogP contribution in [-0.2, 0) is 4.74 Å². The van der Waals surface area contributed by atoms with E-state index in [1.807, 2.05) is 24.3 Å². The molecule has 142 valence electrons. The SMILES string of the molecule is O=C(c1ccc2ccccc2c1)N1CCC[C@]2(CCN2C[C@H]2CCCO2)C1. The van der Waals surface area contributed by atoms with E-state index in [9.17, 15) is 4.79 Å². The van der Waals surface area contributed by atoms with Gasteiger partial charge in [0.15, 0.2) is 0 Å². The summed E-state index contributed by atoms with van der Waals surface area (Å²) in [7, 11) is 0. The van der Waals surface area contributed by atoms with E-state index in [-0.39, 0.29) is 11.4 Å². The summed E-state index contributed by atoms with van der Waals surface area (Å²) in [5.41, 5.74) is 1.01. The van der Waals surface area contributed by atoms with Crippen LogP contribution in [-0.4, -0.2) is 60.1 Å². The number of likely N-dealkylation sites (tertiary alicyclic amines) is 2. The molecular weight excluding hydrogens is 336 g/mol. The molecule has 2 aromatic carbocycles. The zero-order valence-corrected chi connectivity index (χ0v) is 15.9. The highest BCUT2D eigenvalue weighted by Gasteiger charge is 2.48. The second-order valence-electron chi connectivity index (χ2n) is 8.45. The Labute approximate surface area is 161 Å². The van der Waals surface area contributed by atoms with E-state index in [2.05, 4.69) is 28.0 Å². The number of nitrogens with zero attached hydrogens (tertiary/aromatic N) is 2. The van der Waals surface area contributed by atoms with Gasteiger partial charge in [-0.1, -0.05) is 30.3 Å². The maximum absolute atomic E-state index is 13.2. The Kier molecular flexibility index (Phi) is 4.41. The molecule has 2 aromatic rings. The van der Waals surface area contributed by atoms with Crippen molar-refractivity contribution in [2.45, 2.75) is 43.7 Å². The average molecular weight is 364 g/mol. The van der Waals surface area contributed by atoms with Gasteiger partial charge < -0.3 is 9.64 Å². The van der Waals surface area contributed by atoms with Gasteiger partial charge in [0.05, 0.1) is 6.10 Å². The normalized spacial score (nSPS) is 28.6. The molecular formula is C23H28N2O2. The lowest BCUT2D eigenvalue weighted by Crippen LogP contribution is -2.68. The summed E-state index contributed by atoms with van der Waals surface area (Å²) in [5.74, 6) is 0.184. The van der Waals surface area contributed by atoms with Crippen molar-refractivity contribution in [3.05, 3.63) is 48.0 Å². The van der Waals surface area contributed by atoms with Crippen molar-refractivity contribution in [3.8, 4) is 0 Å². The third-order valence-electron chi connectivity index (χ3n) is 6.80. The van der Waals surface area contributed by atoms with Crippen LogP contribution in [0.5, 0.6) is 0 Å². The van der Waals surface area contributed by atoms with Crippen molar-refractivity contribution in [2.75, 3.05) is 32.8 Å². The molecule has 0 saturated carbocycles. The summed E-state index contributed by atoms with van der Waals surface area (Å²) in [4.78, 5) is 17.9. The Hall–Kier alpha value is -1.91. The van der Waals surface area contributed by atoms with Gasteiger partial charge in [-0.25, -0.2) is 0 Å². The third kappa shape index (κ3) is 3.15. The van der Waals surface area contributed by atoms with Crippen LogP contribution in [0.1, 0.15) is 42.5 Å². The molecule has 0 unspecified atom stereocenters. The van der Waals surface area contributed by atoms with E-state index >= 15 is 0 Å². The summed E-state index contributed by atoms with van der Waals surface area (Å²) in [5, 5.41) is 2.32. The molecule has 0 radical (unpaired) electrons. The number of rotatable bonds is 3. The van der Waals surface area contributed by atoms with Gasteiger partial charge in [0.1, 0.15) is 0 Å². The Balaban J connectivity index is 1.31. The molecule has 3 fully saturated rings. The molecule has 0 bridgehead atoms. The monoisotopic (exact) mass is 364 g/mol. The third-order valence-corrected chi connectivity index (χ3v) is 6.80. The number of benzene rings is 2. The van der Waals surface area contributed by atoms with E-state index < -0.39 is 0 Å². The smallest absolute Gasteiger partial charge is 0.253 e. The highest BCUT2D eigenvalue weighted by atomic mass is 16.5. The first-order valence-electron chi connectivity index (χ1n) is 10.4. The van der Waals surface area contributed by atoms with Crippen LogP contribution in [0, 0.1) is 0 Å². The fourth-order valence-corrected chi connectivity index (χ4v) is 5.16. The minimum absolute atomic E-state index is 0.184. The lowest BCUT2D eigenvalue weighted by molar-refractivity contribution is -0.0806. The van der Waals surface area contributed by atoms with E-state index in [1.54, 1.807) is 0 Å². The number of piperidine rings is 1. The summed E-state index contributed by atoms with van der Waals surface area (Å²) in [6.07, 6.45) is 6.29. The quantitative estimate of drug-likeness (QED) is 0.833. The highest BCUT2D eigenvalue weighted by molar-refractivity contribution is 5.98. The zero-order chi connectivity index (χ0) is 18.3. The number of hydrogen-bond acceptors (Lipinski definition) is 3. The molecule has 27 heavy (non-hydrogen) atoms. The van der Waals surface area contributed by atoms with E-state index in [1.165, 1.54) is 31.1 Å². The van der Waals surface area contributed by atoms with Gasteiger partial charge in [0.25, 0.3) is 5.91 Å². The van der Waals surface area contributed by atoms with Crippen LogP contribution < -0.4 is 0 Å². The largest absolute Gasteiger partial charge is 0.377 e. The van der Waals surface area contributed by atoms with Gasteiger partial charge in [-0.05, 0) is 55.0 Å². The summed E-state index contributed by atoms with van der Waals surface area (Å²) in [6, 6.07) is 14.3. The standard InChI is InChI=1S/C23H28N2O2/c26-22(20-9-8-18-5-1-2-6-19(18)15-20)24-12-4-10-23(17-24)11-13-25(23)16-21-7-3-14-27-21/h1-2,5-6,8-9,15,21H,3-4,7,10-14,16-17H2/t21-,23+/m1/s1. The Morgan fingerprint density at radius 3 is 2.74 bits per heavy atom. The lowest BCUT2D eigenvalue weighted by Gasteiger charge is -2.57. The number of carbonyl (C=O) groups excluding carboxylic acids is 1. The number of ether oxygens (including phenoxy) is 1. The first-order valence-corrected chi connectivity index (χ1v) is 10.4. The molecule has 1 amide bonds. The summed E-state index contributed by atoms with van der Waals surface area (Å²) in [6.45, 7) is 4.85. The van der Waals surface area contributed by atoms with Gasteiger partial charge in [-0.2, -0.15) is 0 Å². The average Bonchev–Trinajstić information content (AvgIpc) is 3.24. The molecule has 0 N–H and O–H groups in total. The minimum Gasteiger partial charge on any atom is -0.377 e. The Morgan fingerprint density at radius 2 is 1.96 bits per heavy atom. The van der Waals surface area contributed by atoms with Crippen molar-refractivity contribution in [2.24, 2.45) is 0 Å². The van der Waals surface area contributed by atoms with E-state index in [4.69, 9.17) is 4.74 Å². The second kappa shape index (κ2) is 6.92. The molecule has 2 atom stereocenters. The van der Waals surface area contributed by atoms with Crippen LogP contribution in [0.2, 0.25) is 0 Å². The molecule has 3 aliphatic heterocycles. The second-order valence-corrected chi connectivity index (χ2v) is 8.45. The first-order chi connectivity index (χ1) is 13.2. The van der Waals surface area contributed by atoms with Gasteiger partial charge in [0, 0.05) is 43.9 Å². The maximum Gasteiger partial charge on any atom is 0.253 e. The fraction of sp³-hybridized carbons (Fsp3) is 0.522. The predicted molar refractivity (Wildman–Crippen MR) is 107 cm³/mol. The summed E-state index contributed by atoms with van der Waals surface area (Å²) < 4.78 is 5.86. The molecule has 4 nitrogen and oxygen atoms in total. The van der Waals surface area contributed by atoms with Crippen molar-refractivity contribution in [1.29, 1.82) is 0 Å². The Morgan fingerprint density at radius 1 is 1.07 bits per heavy atom. The molecule has 0 aromatic heterocycles. The molecule has 3 saturated heterocycles. The molecule has 1 spiro atoms. The van der Waals surface area contributed by atoms with Crippen LogP contribution in [0.25, 0.3) is 10.8 Å². The first kappa shape index (κ1) is 17.2. The molecule has 3 aliphatic rings. The number of carbonyl (C=O) groups is 1. The topological polar surface area (TPSA) is 32.8 Å². The van der Waals surface area contributed by atoms with Crippen molar-refractivity contribution >= 4 is 16.7 Å². The zero-order valence-electron chi connectivity index (χ0n) is 15.9. The highest BCUT2D eigenvalue weighted by Crippen LogP contribution is 2.39. The van der Waals surface area contributed by atoms with E-state index in [0.717, 1.165) is 50.2 Å². The van der Waals surface area contributed by atoms with Crippen LogP contribution in [0.4, 0.5) is 0 Å². The van der Waals surface area contributed by atoms with Crippen LogP contribution in [0.3, 0.4) is 0 Å². The number of amides is 1. The molecule has 5 rings (SSSR count). The van der Waals surface area contributed by atoms with E-state index in [0.29, 0.717) is 6.10 Å².